The van der Waals surface area contributed by atoms with Gasteiger partial charge in [0.05, 0.1) is 14.2 Å². The standard InChI is InChI=1S/C13H16O6/c1-13(2,16)12(15)19-10-8(11(14)18-4)6-5-7-9(10)17-3/h5-7,16H,1-4H3. The summed E-state index contributed by atoms with van der Waals surface area (Å²) in [5.41, 5.74) is -1.65. The Balaban J connectivity index is 3.23. The molecule has 19 heavy (non-hydrogen) atoms. The van der Waals surface area contributed by atoms with E-state index >= 15 is 0 Å². The van der Waals surface area contributed by atoms with Crippen LogP contribution in [0.15, 0.2) is 18.2 Å². The molecule has 0 spiro atoms. The van der Waals surface area contributed by atoms with Gasteiger partial charge in [0.15, 0.2) is 17.1 Å². The average molecular weight is 268 g/mol. The lowest BCUT2D eigenvalue weighted by molar-refractivity contribution is -0.151. The molecule has 104 valence electrons. The summed E-state index contributed by atoms with van der Waals surface area (Å²) in [6.45, 7) is 2.56. The van der Waals surface area contributed by atoms with Gasteiger partial charge in [-0.3, -0.25) is 0 Å². The van der Waals surface area contributed by atoms with Crippen LogP contribution in [0.1, 0.15) is 24.2 Å². The van der Waals surface area contributed by atoms with Gasteiger partial charge in [-0.05, 0) is 26.0 Å². The smallest absolute Gasteiger partial charge is 0.343 e. The molecule has 0 atom stereocenters. The second-order valence-corrected chi connectivity index (χ2v) is 4.28. The Morgan fingerprint density at radius 1 is 1.21 bits per heavy atom. The minimum atomic E-state index is -1.69. The molecule has 0 bridgehead atoms. The van der Waals surface area contributed by atoms with Crippen LogP contribution in [0.25, 0.3) is 0 Å². The molecule has 6 heteroatoms. The lowest BCUT2D eigenvalue weighted by atomic mass is 10.1. The highest BCUT2D eigenvalue weighted by molar-refractivity contribution is 5.95. The number of esters is 2. The van der Waals surface area contributed by atoms with Crippen molar-refractivity contribution in [2.24, 2.45) is 0 Å². The lowest BCUT2D eigenvalue weighted by Gasteiger charge is -2.18. The highest BCUT2D eigenvalue weighted by Crippen LogP contribution is 2.32. The molecule has 1 aromatic rings. The SMILES string of the molecule is COC(=O)c1cccc(OC)c1OC(=O)C(C)(C)O. The van der Waals surface area contributed by atoms with E-state index in [0.29, 0.717) is 0 Å². The van der Waals surface area contributed by atoms with E-state index in [4.69, 9.17) is 9.47 Å². The van der Waals surface area contributed by atoms with Crippen LogP contribution >= 0.6 is 0 Å². The first-order valence-corrected chi connectivity index (χ1v) is 5.51. The molecular weight excluding hydrogens is 252 g/mol. The predicted molar refractivity (Wildman–Crippen MR) is 66.3 cm³/mol. The van der Waals surface area contributed by atoms with Crippen molar-refractivity contribution in [3.8, 4) is 11.5 Å². The first-order valence-electron chi connectivity index (χ1n) is 5.51. The van der Waals surface area contributed by atoms with Gasteiger partial charge in [0.1, 0.15) is 5.56 Å². The van der Waals surface area contributed by atoms with Crippen molar-refractivity contribution in [2.45, 2.75) is 19.4 Å². The number of methoxy groups -OCH3 is 2. The van der Waals surface area contributed by atoms with E-state index in [-0.39, 0.29) is 17.1 Å². The second-order valence-electron chi connectivity index (χ2n) is 4.28. The highest BCUT2D eigenvalue weighted by Gasteiger charge is 2.29. The van der Waals surface area contributed by atoms with Crippen LogP contribution in [-0.2, 0) is 9.53 Å². The molecule has 0 aromatic heterocycles. The maximum absolute atomic E-state index is 11.7. The molecule has 0 saturated heterocycles. The predicted octanol–water partition coefficient (Wildman–Crippen LogP) is 1.16. The van der Waals surface area contributed by atoms with Crippen LogP contribution in [0, 0.1) is 0 Å². The fraction of sp³-hybridized carbons (Fsp3) is 0.385. The van der Waals surface area contributed by atoms with E-state index in [0.717, 1.165) is 0 Å². The van der Waals surface area contributed by atoms with Crippen molar-refractivity contribution in [3.63, 3.8) is 0 Å². The number of hydrogen-bond donors (Lipinski definition) is 1. The van der Waals surface area contributed by atoms with Crippen molar-refractivity contribution in [1.82, 2.24) is 0 Å². The quantitative estimate of drug-likeness (QED) is 0.651. The maximum Gasteiger partial charge on any atom is 0.343 e. The molecule has 0 saturated carbocycles. The third-order valence-electron chi connectivity index (χ3n) is 2.30. The number of rotatable bonds is 4. The van der Waals surface area contributed by atoms with Crippen molar-refractivity contribution in [2.75, 3.05) is 14.2 Å². The summed E-state index contributed by atoms with van der Waals surface area (Å²) >= 11 is 0. The Labute approximate surface area is 110 Å². The van der Waals surface area contributed by atoms with Gasteiger partial charge in [0.25, 0.3) is 0 Å². The van der Waals surface area contributed by atoms with Crippen LogP contribution in [-0.4, -0.2) is 36.9 Å². The third kappa shape index (κ3) is 3.45. The number of para-hydroxylation sites is 1. The first kappa shape index (κ1) is 15.0. The van der Waals surface area contributed by atoms with Crippen molar-refractivity contribution >= 4 is 11.9 Å². The summed E-state index contributed by atoms with van der Waals surface area (Å²) in [5.74, 6) is -1.45. The summed E-state index contributed by atoms with van der Waals surface area (Å²) in [6, 6.07) is 4.52. The van der Waals surface area contributed by atoms with Crippen molar-refractivity contribution in [1.29, 1.82) is 0 Å². The highest BCUT2D eigenvalue weighted by atomic mass is 16.6. The molecule has 1 N–H and O–H groups in total. The number of carbonyl (C=O) groups is 2. The number of hydrogen-bond acceptors (Lipinski definition) is 6. The molecule has 6 nitrogen and oxygen atoms in total. The number of carbonyl (C=O) groups excluding carboxylic acids is 2. The van der Waals surface area contributed by atoms with Crippen LogP contribution in [0.3, 0.4) is 0 Å². The minimum Gasteiger partial charge on any atom is -0.493 e. The summed E-state index contributed by atoms with van der Waals surface area (Å²) in [6.07, 6.45) is 0. The molecule has 0 fully saturated rings. The normalized spacial score (nSPS) is 10.8. The van der Waals surface area contributed by atoms with Crippen LogP contribution in [0.2, 0.25) is 0 Å². The minimum absolute atomic E-state index is 0.0412. The van der Waals surface area contributed by atoms with Gasteiger partial charge in [0, 0.05) is 0 Å². The molecule has 0 unspecified atom stereocenters. The molecule has 0 amide bonds. The fourth-order valence-electron chi connectivity index (χ4n) is 1.27. The van der Waals surface area contributed by atoms with E-state index in [2.05, 4.69) is 4.74 Å². The summed E-state index contributed by atoms with van der Waals surface area (Å²) in [5, 5.41) is 9.57. The van der Waals surface area contributed by atoms with Gasteiger partial charge < -0.3 is 19.3 Å². The van der Waals surface area contributed by atoms with E-state index < -0.39 is 17.5 Å². The van der Waals surface area contributed by atoms with Gasteiger partial charge in [-0.25, -0.2) is 9.59 Å². The lowest BCUT2D eigenvalue weighted by Crippen LogP contribution is -2.35. The molecular formula is C13H16O6. The summed E-state index contributed by atoms with van der Waals surface area (Å²) in [4.78, 5) is 23.3. The third-order valence-corrected chi connectivity index (χ3v) is 2.30. The zero-order valence-corrected chi connectivity index (χ0v) is 11.2. The molecule has 0 radical (unpaired) electrons. The molecule has 0 aliphatic heterocycles. The summed E-state index contributed by atoms with van der Waals surface area (Å²) < 4.78 is 14.7. The molecule has 0 heterocycles. The van der Waals surface area contributed by atoms with E-state index in [1.807, 2.05) is 0 Å². The number of benzene rings is 1. The Kier molecular flexibility index (Phi) is 4.50. The molecule has 0 aliphatic carbocycles. The monoisotopic (exact) mass is 268 g/mol. The molecule has 1 rings (SSSR count). The average Bonchev–Trinajstić information content (AvgIpc) is 2.36. The van der Waals surface area contributed by atoms with E-state index in [1.165, 1.54) is 40.2 Å². The van der Waals surface area contributed by atoms with Crippen LogP contribution < -0.4 is 9.47 Å². The Morgan fingerprint density at radius 2 is 1.84 bits per heavy atom. The van der Waals surface area contributed by atoms with Crippen molar-refractivity contribution in [3.05, 3.63) is 23.8 Å². The number of ether oxygens (including phenoxy) is 3. The first-order chi connectivity index (χ1) is 8.81. The topological polar surface area (TPSA) is 82.1 Å². The van der Waals surface area contributed by atoms with Gasteiger partial charge in [0.2, 0.25) is 0 Å². The van der Waals surface area contributed by atoms with E-state index in [9.17, 15) is 14.7 Å². The van der Waals surface area contributed by atoms with Crippen LogP contribution in [0.4, 0.5) is 0 Å². The number of aliphatic hydroxyl groups is 1. The van der Waals surface area contributed by atoms with Gasteiger partial charge in [-0.15, -0.1) is 0 Å². The zero-order valence-electron chi connectivity index (χ0n) is 11.2. The fourth-order valence-corrected chi connectivity index (χ4v) is 1.27. The second kappa shape index (κ2) is 5.71. The van der Waals surface area contributed by atoms with Crippen molar-refractivity contribution < 1.29 is 28.9 Å². The maximum atomic E-state index is 11.7. The summed E-state index contributed by atoms with van der Waals surface area (Å²) in [7, 11) is 2.58. The van der Waals surface area contributed by atoms with Gasteiger partial charge >= 0.3 is 11.9 Å². The van der Waals surface area contributed by atoms with Gasteiger partial charge in [-0.1, -0.05) is 6.07 Å². The zero-order chi connectivity index (χ0) is 14.6. The largest absolute Gasteiger partial charge is 0.493 e. The Morgan fingerprint density at radius 3 is 2.32 bits per heavy atom. The van der Waals surface area contributed by atoms with Gasteiger partial charge in [-0.2, -0.15) is 0 Å². The Hall–Kier alpha value is -2.08. The van der Waals surface area contributed by atoms with Crippen LogP contribution in [0.5, 0.6) is 11.5 Å². The van der Waals surface area contributed by atoms with E-state index in [1.54, 1.807) is 6.07 Å². The Bertz CT molecular complexity index is 486. The molecule has 1 aromatic carbocycles. The molecule has 0 aliphatic rings.